The summed E-state index contributed by atoms with van der Waals surface area (Å²) in [4.78, 5) is 26.0. The number of nitrogens with two attached hydrogens (primary N) is 1. The Morgan fingerprint density at radius 2 is 1.76 bits per heavy atom. The minimum absolute atomic E-state index is 0.0518. The number of nitrogens with zero attached hydrogens (tertiary/aromatic N) is 1. The van der Waals surface area contributed by atoms with Crippen LogP contribution in [-0.4, -0.2) is 46.1 Å². The van der Waals surface area contributed by atoms with Gasteiger partial charge in [0.1, 0.15) is 5.75 Å². The van der Waals surface area contributed by atoms with Gasteiger partial charge in [0.25, 0.3) is 0 Å². The number of amides is 1. The van der Waals surface area contributed by atoms with E-state index in [9.17, 15) is 14.7 Å². The minimum Gasteiger partial charge on any atom is -0.478 e. The van der Waals surface area contributed by atoms with Crippen LogP contribution in [-0.2, 0) is 22.4 Å². The lowest BCUT2D eigenvalue weighted by Gasteiger charge is -2.39. The van der Waals surface area contributed by atoms with E-state index in [0.29, 0.717) is 18.8 Å². The molecule has 6 nitrogen and oxygen atoms in total. The molecule has 3 aliphatic rings. The SMILES string of the molecule is NC1(C(=O)N2CCC(Oc3ccc4c(c3)CCC4)(C(=O)O)CC2)CC1. The van der Waals surface area contributed by atoms with E-state index < -0.39 is 17.1 Å². The number of hydrogen-bond donors (Lipinski definition) is 2. The van der Waals surface area contributed by atoms with Crippen molar-refractivity contribution in [3.63, 3.8) is 0 Å². The van der Waals surface area contributed by atoms with E-state index in [1.54, 1.807) is 4.90 Å². The molecule has 1 saturated carbocycles. The van der Waals surface area contributed by atoms with Crippen molar-refractivity contribution in [1.82, 2.24) is 4.90 Å². The molecule has 134 valence electrons. The van der Waals surface area contributed by atoms with E-state index >= 15 is 0 Å². The van der Waals surface area contributed by atoms with Crippen LogP contribution in [0.25, 0.3) is 0 Å². The summed E-state index contributed by atoms with van der Waals surface area (Å²) in [6.45, 7) is 0.740. The second-order valence-electron chi connectivity index (χ2n) is 7.63. The number of carboxylic acids is 1. The molecule has 0 atom stereocenters. The molecule has 0 aromatic heterocycles. The zero-order valence-corrected chi connectivity index (χ0v) is 14.3. The normalized spacial score (nSPS) is 23.0. The topological polar surface area (TPSA) is 92.9 Å². The zero-order chi connectivity index (χ0) is 17.7. The first-order valence-electron chi connectivity index (χ1n) is 9.04. The Hall–Kier alpha value is -2.08. The van der Waals surface area contributed by atoms with Crippen LogP contribution in [0.15, 0.2) is 18.2 Å². The van der Waals surface area contributed by atoms with E-state index in [-0.39, 0.29) is 18.7 Å². The predicted octanol–water partition coefficient (Wildman–Crippen LogP) is 1.49. The Labute approximate surface area is 146 Å². The fourth-order valence-electron chi connectivity index (χ4n) is 3.93. The van der Waals surface area contributed by atoms with Crippen molar-refractivity contribution >= 4 is 11.9 Å². The van der Waals surface area contributed by atoms with E-state index in [0.717, 1.165) is 32.1 Å². The molecule has 2 fully saturated rings. The molecule has 1 aromatic rings. The molecular weight excluding hydrogens is 320 g/mol. The van der Waals surface area contributed by atoms with Crippen molar-refractivity contribution in [1.29, 1.82) is 0 Å². The van der Waals surface area contributed by atoms with Crippen molar-refractivity contribution in [2.75, 3.05) is 13.1 Å². The summed E-state index contributed by atoms with van der Waals surface area (Å²) >= 11 is 0. The van der Waals surface area contributed by atoms with Crippen LogP contribution in [0.2, 0.25) is 0 Å². The van der Waals surface area contributed by atoms with Gasteiger partial charge >= 0.3 is 5.97 Å². The summed E-state index contributed by atoms with van der Waals surface area (Å²) in [6.07, 6.45) is 5.24. The summed E-state index contributed by atoms with van der Waals surface area (Å²) in [5.41, 5.74) is 6.59. The molecule has 6 heteroatoms. The quantitative estimate of drug-likeness (QED) is 0.863. The molecular formula is C19H24N2O4. The van der Waals surface area contributed by atoms with Crippen molar-refractivity contribution in [2.45, 2.75) is 56.1 Å². The monoisotopic (exact) mass is 344 g/mol. The van der Waals surface area contributed by atoms with Crippen molar-refractivity contribution in [2.24, 2.45) is 5.73 Å². The van der Waals surface area contributed by atoms with Gasteiger partial charge in [-0.05, 0) is 55.4 Å². The molecule has 1 aliphatic heterocycles. The smallest absolute Gasteiger partial charge is 0.348 e. The zero-order valence-electron chi connectivity index (χ0n) is 14.3. The summed E-state index contributed by atoms with van der Waals surface area (Å²) < 4.78 is 5.99. The third kappa shape index (κ3) is 2.88. The van der Waals surface area contributed by atoms with Crippen LogP contribution >= 0.6 is 0 Å². The Morgan fingerprint density at radius 1 is 1.08 bits per heavy atom. The largest absolute Gasteiger partial charge is 0.478 e. The van der Waals surface area contributed by atoms with Crippen LogP contribution < -0.4 is 10.5 Å². The van der Waals surface area contributed by atoms with Crippen molar-refractivity contribution < 1.29 is 19.4 Å². The maximum Gasteiger partial charge on any atom is 0.348 e. The predicted molar refractivity (Wildman–Crippen MR) is 91.4 cm³/mol. The highest BCUT2D eigenvalue weighted by molar-refractivity contribution is 5.89. The highest BCUT2D eigenvalue weighted by atomic mass is 16.5. The molecule has 3 N–H and O–H groups in total. The lowest BCUT2D eigenvalue weighted by atomic mass is 9.90. The summed E-state index contributed by atoms with van der Waals surface area (Å²) in [5.74, 6) is -0.404. The van der Waals surface area contributed by atoms with Crippen LogP contribution in [0.3, 0.4) is 0 Å². The number of piperidine rings is 1. The Kier molecular flexibility index (Phi) is 3.76. The van der Waals surface area contributed by atoms with Crippen LogP contribution in [0.4, 0.5) is 0 Å². The van der Waals surface area contributed by atoms with Gasteiger partial charge in [0.05, 0.1) is 5.54 Å². The second-order valence-corrected chi connectivity index (χ2v) is 7.63. The molecule has 25 heavy (non-hydrogen) atoms. The number of carbonyl (C=O) groups excluding carboxylic acids is 1. The highest BCUT2D eigenvalue weighted by Gasteiger charge is 2.51. The van der Waals surface area contributed by atoms with Gasteiger partial charge in [0, 0.05) is 25.9 Å². The third-order valence-electron chi connectivity index (χ3n) is 5.85. The van der Waals surface area contributed by atoms with Gasteiger partial charge in [0.15, 0.2) is 0 Å². The Bertz CT molecular complexity index is 718. The number of ether oxygens (including phenoxy) is 1. The van der Waals surface area contributed by atoms with Gasteiger partial charge in [-0.3, -0.25) is 4.79 Å². The third-order valence-corrected chi connectivity index (χ3v) is 5.85. The van der Waals surface area contributed by atoms with Crippen LogP contribution in [0.1, 0.15) is 43.2 Å². The number of aryl methyl sites for hydroxylation is 2. The maximum atomic E-state index is 12.4. The lowest BCUT2D eigenvalue weighted by Crippen LogP contribution is -2.57. The summed E-state index contributed by atoms with van der Waals surface area (Å²) in [5, 5.41) is 9.79. The van der Waals surface area contributed by atoms with Gasteiger partial charge in [-0.1, -0.05) is 6.07 Å². The number of benzene rings is 1. The Balaban J connectivity index is 1.48. The number of fused-ring (bicyclic) bond motifs is 1. The second kappa shape index (κ2) is 5.73. The molecule has 0 spiro atoms. The molecule has 0 bridgehead atoms. The van der Waals surface area contributed by atoms with Gasteiger partial charge in [-0.25, -0.2) is 4.79 Å². The first kappa shape index (κ1) is 16.4. The number of carbonyl (C=O) groups is 2. The van der Waals surface area contributed by atoms with E-state index in [4.69, 9.17) is 10.5 Å². The first-order valence-corrected chi connectivity index (χ1v) is 9.04. The molecule has 1 saturated heterocycles. The Morgan fingerprint density at radius 3 is 2.40 bits per heavy atom. The van der Waals surface area contributed by atoms with E-state index in [2.05, 4.69) is 0 Å². The lowest BCUT2D eigenvalue weighted by molar-refractivity contribution is -0.162. The number of carboxylic acid groups (broad SMARTS) is 1. The fourth-order valence-corrected chi connectivity index (χ4v) is 3.93. The fraction of sp³-hybridized carbons (Fsp3) is 0.579. The van der Waals surface area contributed by atoms with Gasteiger partial charge in [-0.15, -0.1) is 0 Å². The number of rotatable bonds is 4. The average Bonchev–Trinajstić information content (AvgIpc) is 3.18. The molecule has 4 rings (SSSR count). The highest BCUT2D eigenvalue weighted by Crippen LogP contribution is 2.37. The van der Waals surface area contributed by atoms with E-state index in [1.807, 2.05) is 18.2 Å². The van der Waals surface area contributed by atoms with E-state index in [1.165, 1.54) is 11.1 Å². The molecule has 0 radical (unpaired) electrons. The number of hydrogen-bond acceptors (Lipinski definition) is 4. The average molecular weight is 344 g/mol. The van der Waals surface area contributed by atoms with Crippen LogP contribution in [0, 0.1) is 0 Å². The van der Waals surface area contributed by atoms with Crippen molar-refractivity contribution in [3.05, 3.63) is 29.3 Å². The maximum absolute atomic E-state index is 12.4. The van der Waals surface area contributed by atoms with Crippen molar-refractivity contribution in [3.8, 4) is 5.75 Å². The van der Waals surface area contributed by atoms with Gasteiger partial charge in [-0.2, -0.15) is 0 Å². The minimum atomic E-state index is -1.27. The standard InChI is InChI=1S/C19H24N2O4/c20-18(6-7-18)16(22)21-10-8-19(9-11-21,17(23)24)25-15-5-4-13-2-1-3-14(13)12-15/h4-5,12H,1-3,6-11,20H2,(H,23,24). The number of likely N-dealkylation sites (tertiary alicyclic amines) is 1. The molecule has 1 aromatic carbocycles. The summed E-state index contributed by atoms with van der Waals surface area (Å²) in [7, 11) is 0. The molecule has 0 unspecified atom stereocenters. The molecule has 2 aliphatic carbocycles. The molecule has 1 amide bonds. The summed E-state index contributed by atoms with van der Waals surface area (Å²) in [6, 6.07) is 5.88. The number of aliphatic carboxylic acids is 1. The first-order chi connectivity index (χ1) is 11.9. The molecule has 1 heterocycles. The van der Waals surface area contributed by atoms with Crippen LogP contribution in [0.5, 0.6) is 5.75 Å². The van der Waals surface area contributed by atoms with Gasteiger partial charge in [0.2, 0.25) is 11.5 Å². The van der Waals surface area contributed by atoms with Gasteiger partial charge < -0.3 is 20.5 Å².